The van der Waals surface area contributed by atoms with Gasteiger partial charge in [-0.3, -0.25) is 4.98 Å². The van der Waals surface area contributed by atoms with Crippen molar-refractivity contribution < 1.29 is 14.3 Å². The first kappa shape index (κ1) is 17.0. The molecule has 3 N–H and O–H groups in total. The Labute approximate surface area is 151 Å². The van der Waals surface area contributed by atoms with Gasteiger partial charge in [0.05, 0.1) is 0 Å². The summed E-state index contributed by atoms with van der Waals surface area (Å²) in [5.41, 5.74) is 3.19. The maximum absolute atomic E-state index is 13.1. The summed E-state index contributed by atoms with van der Waals surface area (Å²) in [4.78, 5) is 15.3. The number of nitrogens with zero attached hydrogens (tertiary/aromatic N) is 1. The summed E-state index contributed by atoms with van der Waals surface area (Å²) in [6.07, 6.45) is 2.94. The number of hydrogen-bond donors (Lipinski definition) is 3. The molecule has 1 atom stereocenters. The van der Waals surface area contributed by atoms with E-state index in [9.17, 15) is 9.18 Å². The van der Waals surface area contributed by atoms with E-state index in [0.29, 0.717) is 18.4 Å². The molecule has 136 valence electrons. The SMILES string of the molecule is O=C(O)NCC1CC2(CNCC2c2ccc(-c3ccc(F)cc3)cn2)C1. The molecule has 1 aromatic carbocycles. The molecular weight excluding hydrogens is 333 g/mol. The lowest BCUT2D eigenvalue weighted by Crippen LogP contribution is -2.46. The number of carbonyl (C=O) groups is 1. The van der Waals surface area contributed by atoms with Crippen molar-refractivity contribution in [2.24, 2.45) is 11.3 Å². The topological polar surface area (TPSA) is 74.2 Å². The third-order valence-electron chi connectivity index (χ3n) is 5.82. The van der Waals surface area contributed by atoms with Crippen LogP contribution in [0.4, 0.5) is 9.18 Å². The highest BCUT2D eigenvalue weighted by Crippen LogP contribution is 2.55. The summed E-state index contributed by atoms with van der Waals surface area (Å²) in [6, 6.07) is 10.6. The standard InChI is InChI=1S/C20H22FN3O2/c21-16-4-1-14(2-5-16)15-3-6-18(23-10-15)17-11-22-12-20(17)7-13(8-20)9-24-19(25)26/h1-6,10,13,17,22,24H,7-9,11-12H2,(H,25,26). The summed E-state index contributed by atoms with van der Waals surface area (Å²) in [6.45, 7) is 2.39. The molecule has 5 nitrogen and oxygen atoms in total. The van der Waals surface area contributed by atoms with Crippen molar-refractivity contribution >= 4 is 6.09 Å². The number of amides is 1. The van der Waals surface area contributed by atoms with Crippen molar-refractivity contribution in [2.45, 2.75) is 18.8 Å². The average molecular weight is 355 g/mol. The third-order valence-corrected chi connectivity index (χ3v) is 5.82. The molecule has 2 heterocycles. The fourth-order valence-corrected chi connectivity index (χ4v) is 4.54. The van der Waals surface area contributed by atoms with Gasteiger partial charge in [0, 0.05) is 43.0 Å². The van der Waals surface area contributed by atoms with E-state index in [-0.39, 0.29) is 11.2 Å². The van der Waals surface area contributed by atoms with Crippen molar-refractivity contribution in [3.05, 3.63) is 54.1 Å². The van der Waals surface area contributed by atoms with Crippen molar-refractivity contribution in [3.8, 4) is 11.1 Å². The highest BCUT2D eigenvalue weighted by atomic mass is 19.1. The Hall–Kier alpha value is -2.47. The summed E-state index contributed by atoms with van der Waals surface area (Å²) in [5, 5.41) is 14.7. The molecule has 2 aromatic rings. The van der Waals surface area contributed by atoms with Gasteiger partial charge in [-0.25, -0.2) is 9.18 Å². The number of pyridine rings is 1. The first-order chi connectivity index (χ1) is 12.6. The van der Waals surface area contributed by atoms with Crippen molar-refractivity contribution in [1.29, 1.82) is 0 Å². The molecule has 1 aliphatic heterocycles. The Balaban J connectivity index is 1.45. The maximum atomic E-state index is 13.1. The summed E-state index contributed by atoms with van der Waals surface area (Å²) < 4.78 is 13.1. The molecule has 0 radical (unpaired) electrons. The first-order valence-electron chi connectivity index (χ1n) is 8.95. The minimum Gasteiger partial charge on any atom is -0.465 e. The van der Waals surface area contributed by atoms with Gasteiger partial charge in [0.25, 0.3) is 0 Å². The molecule has 0 bridgehead atoms. The van der Waals surface area contributed by atoms with E-state index < -0.39 is 6.09 Å². The monoisotopic (exact) mass is 355 g/mol. The van der Waals surface area contributed by atoms with Gasteiger partial charge in [-0.05, 0) is 47.9 Å². The quantitative estimate of drug-likeness (QED) is 0.787. The molecule has 2 aliphatic rings. The number of nitrogens with one attached hydrogen (secondary N) is 2. The normalized spacial score (nSPS) is 27.3. The molecule has 1 saturated heterocycles. The number of halogens is 1. The molecule has 1 aromatic heterocycles. The summed E-state index contributed by atoms with van der Waals surface area (Å²) in [7, 11) is 0. The Bertz CT molecular complexity index is 786. The molecule has 1 saturated carbocycles. The molecule has 1 unspecified atom stereocenters. The highest BCUT2D eigenvalue weighted by Gasteiger charge is 2.52. The van der Waals surface area contributed by atoms with E-state index in [4.69, 9.17) is 10.1 Å². The summed E-state index contributed by atoms with van der Waals surface area (Å²) >= 11 is 0. The molecule has 1 amide bonds. The summed E-state index contributed by atoms with van der Waals surface area (Å²) in [5.74, 6) is 0.520. The van der Waals surface area contributed by atoms with E-state index in [2.05, 4.69) is 16.7 Å². The Morgan fingerprint density at radius 2 is 1.96 bits per heavy atom. The third kappa shape index (κ3) is 3.17. The van der Waals surface area contributed by atoms with Crippen LogP contribution in [0.2, 0.25) is 0 Å². The number of aromatic nitrogens is 1. The number of carboxylic acid groups (broad SMARTS) is 1. The number of hydrogen-bond acceptors (Lipinski definition) is 3. The van der Waals surface area contributed by atoms with Gasteiger partial charge >= 0.3 is 6.09 Å². The van der Waals surface area contributed by atoms with Gasteiger partial charge in [0.15, 0.2) is 0 Å². The molecular formula is C20H22FN3O2. The van der Waals surface area contributed by atoms with E-state index in [1.807, 2.05) is 12.3 Å². The Morgan fingerprint density at radius 3 is 2.62 bits per heavy atom. The van der Waals surface area contributed by atoms with Crippen LogP contribution in [0.1, 0.15) is 24.5 Å². The molecule has 2 fully saturated rings. The van der Waals surface area contributed by atoms with Crippen LogP contribution in [0.5, 0.6) is 0 Å². The largest absolute Gasteiger partial charge is 0.465 e. The predicted molar refractivity (Wildman–Crippen MR) is 96.4 cm³/mol. The Kier molecular flexibility index (Phi) is 4.36. The lowest BCUT2D eigenvalue weighted by molar-refractivity contribution is 0.0566. The van der Waals surface area contributed by atoms with Gasteiger partial charge in [-0.2, -0.15) is 0 Å². The van der Waals surface area contributed by atoms with Crippen LogP contribution < -0.4 is 10.6 Å². The van der Waals surface area contributed by atoms with Crippen LogP contribution in [0, 0.1) is 17.2 Å². The lowest BCUT2D eigenvalue weighted by Gasteiger charge is -2.48. The smallest absolute Gasteiger partial charge is 0.404 e. The minimum atomic E-state index is -0.954. The maximum Gasteiger partial charge on any atom is 0.404 e. The first-order valence-corrected chi connectivity index (χ1v) is 8.95. The van der Waals surface area contributed by atoms with Gasteiger partial charge < -0.3 is 15.7 Å². The fraction of sp³-hybridized carbons (Fsp3) is 0.400. The van der Waals surface area contributed by atoms with Crippen LogP contribution in [0.15, 0.2) is 42.6 Å². The minimum absolute atomic E-state index is 0.190. The number of benzene rings is 1. The second-order valence-electron chi connectivity index (χ2n) is 7.48. The van der Waals surface area contributed by atoms with E-state index in [1.54, 1.807) is 12.1 Å². The van der Waals surface area contributed by atoms with Gasteiger partial charge in [-0.15, -0.1) is 0 Å². The molecule has 1 aliphatic carbocycles. The van der Waals surface area contributed by atoms with Gasteiger partial charge in [0.2, 0.25) is 0 Å². The zero-order valence-corrected chi connectivity index (χ0v) is 14.4. The molecule has 1 spiro atoms. The van der Waals surface area contributed by atoms with Crippen LogP contribution in [0.3, 0.4) is 0 Å². The van der Waals surface area contributed by atoms with Gasteiger partial charge in [-0.1, -0.05) is 18.2 Å². The van der Waals surface area contributed by atoms with Crippen LogP contribution >= 0.6 is 0 Å². The zero-order valence-electron chi connectivity index (χ0n) is 14.4. The Morgan fingerprint density at radius 1 is 1.23 bits per heavy atom. The van der Waals surface area contributed by atoms with Crippen molar-refractivity contribution in [2.75, 3.05) is 19.6 Å². The van der Waals surface area contributed by atoms with E-state index >= 15 is 0 Å². The van der Waals surface area contributed by atoms with Crippen molar-refractivity contribution in [3.63, 3.8) is 0 Å². The fourth-order valence-electron chi connectivity index (χ4n) is 4.54. The molecule has 4 rings (SSSR count). The van der Waals surface area contributed by atoms with E-state index in [1.165, 1.54) is 12.1 Å². The van der Waals surface area contributed by atoms with Crippen LogP contribution in [-0.4, -0.2) is 35.8 Å². The second kappa shape index (κ2) is 6.68. The molecule has 6 heteroatoms. The lowest BCUT2D eigenvalue weighted by atomic mass is 9.56. The highest BCUT2D eigenvalue weighted by molar-refractivity contribution is 5.64. The molecule has 26 heavy (non-hydrogen) atoms. The van der Waals surface area contributed by atoms with Crippen LogP contribution in [0.25, 0.3) is 11.1 Å². The number of rotatable bonds is 4. The zero-order chi connectivity index (χ0) is 18.1. The van der Waals surface area contributed by atoms with Gasteiger partial charge in [0.1, 0.15) is 5.82 Å². The van der Waals surface area contributed by atoms with Crippen molar-refractivity contribution in [1.82, 2.24) is 15.6 Å². The predicted octanol–water partition coefficient (Wildman–Crippen LogP) is 3.24. The van der Waals surface area contributed by atoms with Crippen LogP contribution in [-0.2, 0) is 0 Å². The second-order valence-corrected chi connectivity index (χ2v) is 7.48. The average Bonchev–Trinajstić information content (AvgIpc) is 3.05. The van der Waals surface area contributed by atoms with E-state index in [0.717, 1.165) is 42.8 Å².